The van der Waals surface area contributed by atoms with E-state index in [-0.39, 0.29) is 17.3 Å². The van der Waals surface area contributed by atoms with Crippen molar-refractivity contribution >= 4 is 11.9 Å². The number of aryl methyl sites for hydroxylation is 1. The SMILES string of the molecule is COc1ccc(C(=O)Nc2nc(C)no2)cc1O. The number of carbonyl (C=O) groups is 1. The largest absolute Gasteiger partial charge is 0.504 e. The van der Waals surface area contributed by atoms with Crippen LogP contribution in [0.1, 0.15) is 16.2 Å². The number of phenolic OH excluding ortho intramolecular Hbond substituents is 1. The van der Waals surface area contributed by atoms with Crippen LogP contribution in [-0.4, -0.2) is 28.3 Å². The highest BCUT2D eigenvalue weighted by molar-refractivity contribution is 6.03. The number of ether oxygens (including phenoxy) is 1. The molecule has 0 unspecified atom stereocenters. The molecular weight excluding hydrogens is 238 g/mol. The predicted molar refractivity (Wildman–Crippen MR) is 61.6 cm³/mol. The van der Waals surface area contributed by atoms with E-state index in [1.807, 2.05) is 0 Å². The number of benzene rings is 1. The van der Waals surface area contributed by atoms with Gasteiger partial charge in [0.2, 0.25) is 0 Å². The molecule has 0 atom stereocenters. The van der Waals surface area contributed by atoms with Crippen LogP contribution in [0, 0.1) is 6.92 Å². The van der Waals surface area contributed by atoms with Crippen LogP contribution in [-0.2, 0) is 0 Å². The molecule has 0 radical (unpaired) electrons. The molecule has 7 nitrogen and oxygen atoms in total. The van der Waals surface area contributed by atoms with Gasteiger partial charge in [-0.3, -0.25) is 10.1 Å². The summed E-state index contributed by atoms with van der Waals surface area (Å²) in [5, 5.41) is 15.5. The Balaban J connectivity index is 2.16. The number of nitrogens with one attached hydrogen (secondary N) is 1. The van der Waals surface area contributed by atoms with Gasteiger partial charge >= 0.3 is 6.01 Å². The smallest absolute Gasteiger partial charge is 0.328 e. The van der Waals surface area contributed by atoms with Crippen molar-refractivity contribution in [1.29, 1.82) is 0 Å². The quantitative estimate of drug-likeness (QED) is 0.851. The highest BCUT2D eigenvalue weighted by Crippen LogP contribution is 2.26. The minimum Gasteiger partial charge on any atom is -0.504 e. The van der Waals surface area contributed by atoms with Crippen LogP contribution in [0.15, 0.2) is 22.7 Å². The molecule has 7 heteroatoms. The lowest BCUT2D eigenvalue weighted by atomic mass is 10.2. The van der Waals surface area contributed by atoms with E-state index in [9.17, 15) is 9.90 Å². The van der Waals surface area contributed by atoms with Gasteiger partial charge in [-0.25, -0.2) is 0 Å². The first-order chi connectivity index (χ1) is 8.60. The number of hydrogen-bond donors (Lipinski definition) is 2. The molecule has 94 valence electrons. The minimum absolute atomic E-state index is 0.00723. The first-order valence-corrected chi connectivity index (χ1v) is 5.09. The van der Waals surface area contributed by atoms with Gasteiger partial charge in [-0.15, -0.1) is 0 Å². The van der Waals surface area contributed by atoms with Gasteiger partial charge in [0.15, 0.2) is 17.3 Å². The van der Waals surface area contributed by atoms with E-state index in [1.54, 1.807) is 6.92 Å². The maximum Gasteiger partial charge on any atom is 0.328 e. The summed E-state index contributed by atoms with van der Waals surface area (Å²) < 4.78 is 9.63. The molecule has 1 aromatic carbocycles. The number of phenols is 1. The molecule has 2 rings (SSSR count). The molecular formula is C11H11N3O4. The standard InChI is InChI=1S/C11H11N3O4/c1-6-12-11(18-14-6)13-10(16)7-3-4-9(17-2)8(15)5-7/h3-5,15H,1-2H3,(H,12,13,14,16). The second-order valence-electron chi connectivity index (χ2n) is 3.49. The van der Waals surface area contributed by atoms with Crippen LogP contribution in [0.5, 0.6) is 11.5 Å². The number of anilines is 1. The molecule has 0 bridgehead atoms. The molecule has 0 aliphatic heterocycles. The summed E-state index contributed by atoms with van der Waals surface area (Å²) in [7, 11) is 1.43. The number of aromatic hydroxyl groups is 1. The molecule has 0 fully saturated rings. The van der Waals surface area contributed by atoms with Crippen LogP contribution in [0.3, 0.4) is 0 Å². The van der Waals surface area contributed by atoms with Crippen LogP contribution in [0.25, 0.3) is 0 Å². The highest BCUT2D eigenvalue weighted by Gasteiger charge is 2.12. The third-order valence-corrected chi connectivity index (χ3v) is 2.19. The summed E-state index contributed by atoms with van der Waals surface area (Å²) in [6, 6.07) is 4.30. The van der Waals surface area contributed by atoms with Gasteiger partial charge < -0.3 is 14.4 Å². The second-order valence-corrected chi connectivity index (χ2v) is 3.49. The Kier molecular flexibility index (Phi) is 3.13. The average molecular weight is 249 g/mol. The molecule has 1 heterocycles. The number of methoxy groups -OCH3 is 1. The Morgan fingerprint density at radius 2 is 2.28 bits per heavy atom. The van der Waals surface area contributed by atoms with Gasteiger partial charge in [-0.1, -0.05) is 5.16 Å². The third kappa shape index (κ3) is 2.40. The normalized spacial score (nSPS) is 10.1. The van der Waals surface area contributed by atoms with E-state index in [2.05, 4.69) is 15.5 Å². The number of amides is 1. The van der Waals surface area contributed by atoms with Gasteiger partial charge in [0.05, 0.1) is 7.11 Å². The summed E-state index contributed by atoms with van der Waals surface area (Å²) in [6.07, 6.45) is 0. The fraction of sp³-hybridized carbons (Fsp3) is 0.182. The van der Waals surface area contributed by atoms with Crippen LogP contribution in [0.4, 0.5) is 6.01 Å². The molecule has 0 saturated heterocycles. The molecule has 0 spiro atoms. The monoisotopic (exact) mass is 249 g/mol. The fourth-order valence-electron chi connectivity index (χ4n) is 1.35. The summed E-state index contributed by atoms with van der Waals surface area (Å²) in [5.41, 5.74) is 0.254. The number of rotatable bonds is 3. The Bertz CT molecular complexity index is 579. The number of hydrogen-bond acceptors (Lipinski definition) is 6. The average Bonchev–Trinajstić information content (AvgIpc) is 2.74. The van der Waals surface area contributed by atoms with E-state index in [0.29, 0.717) is 11.6 Å². The van der Waals surface area contributed by atoms with E-state index in [4.69, 9.17) is 9.26 Å². The number of aromatic nitrogens is 2. The van der Waals surface area contributed by atoms with Crippen molar-refractivity contribution in [3.63, 3.8) is 0 Å². The number of carbonyl (C=O) groups excluding carboxylic acids is 1. The van der Waals surface area contributed by atoms with Crippen LogP contribution < -0.4 is 10.1 Å². The van der Waals surface area contributed by atoms with Crippen molar-refractivity contribution in [2.75, 3.05) is 12.4 Å². The Morgan fingerprint density at radius 1 is 1.50 bits per heavy atom. The maximum absolute atomic E-state index is 11.8. The molecule has 1 amide bonds. The van der Waals surface area contributed by atoms with E-state index in [0.717, 1.165) is 0 Å². The molecule has 18 heavy (non-hydrogen) atoms. The van der Waals surface area contributed by atoms with Crippen molar-refractivity contribution in [3.05, 3.63) is 29.6 Å². The van der Waals surface area contributed by atoms with Crippen LogP contribution >= 0.6 is 0 Å². The zero-order chi connectivity index (χ0) is 13.1. The van der Waals surface area contributed by atoms with Gasteiger partial charge in [0, 0.05) is 5.56 Å². The Hall–Kier alpha value is -2.57. The van der Waals surface area contributed by atoms with Crippen molar-refractivity contribution < 1.29 is 19.2 Å². The first kappa shape index (κ1) is 11.9. The van der Waals surface area contributed by atoms with E-state index >= 15 is 0 Å². The summed E-state index contributed by atoms with van der Waals surface area (Å²) in [6.45, 7) is 1.64. The lowest BCUT2D eigenvalue weighted by molar-refractivity contribution is 0.102. The molecule has 1 aromatic heterocycles. The fourth-order valence-corrected chi connectivity index (χ4v) is 1.35. The van der Waals surface area contributed by atoms with Gasteiger partial charge in [-0.05, 0) is 25.1 Å². The maximum atomic E-state index is 11.8. The Morgan fingerprint density at radius 3 is 2.83 bits per heavy atom. The summed E-state index contributed by atoms with van der Waals surface area (Å²) in [4.78, 5) is 15.6. The van der Waals surface area contributed by atoms with Crippen molar-refractivity contribution in [1.82, 2.24) is 10.1 Å². The molecule has 2 N–H and O–H groups in total. The topological polar surface area (TPSA) is 97.5 Å². The summed E-state index contributed by atoms with van der Waals surface area (Å²) >= 11 is 0. The lowest BCUT2D eigenvalue weighted by Gasteiger charge is -2.05. The molecule has 0 aliphatic rings. The van der Waals surface area contributed by atoms with E-state index < -0.39 is 5.91 Å². The third-order valence-electron chi connectivity index (χ3n) is 2.19. The molecule has 2 aromatic rings. The Labute approximate surface area is 102 Å². The van der Waals surface area contributed by atoms with Crippen LogP contribution in [0.2, 0.25) is 0 Å². The van der Waals surface area contributed by atoms with Gasteiger partial charge in [0.1, 0.15) is 0 Å². The van der Waals surface area contributed by atoms with E-state index in [1.165, 1.54) is 25.3 Å². The summed E-state index contributed by atoms with van der Waals surface area (Å²) in [5.74, 6) is 0.131. The van der Waals surface area contributed by atoms with Gasteiger partial charge in [-0.2, -0.15) is 4.98 Å². The molecule has 0 saturated carbocycles. The highest BCUT2D eigenvalue weighted by atomic mass is 16.5. The van der Waals surface area contributed by atoms with Gasteiger partial charge in [0.25, 0.3) is 5.91 Å². The van der Waals surface area contributed by atoms with Crippen molar-refractivity contribution in [2.45, 2.75) is 6.92 Å². The minimum atomic E-state index is -0.461. The second kappa shape index (κ2) is 4.74. The lowest BCUT2D eigenvalue weighted by Crippen LogP contribution is -2.12. The molecule has 0 aliphatic carbocycles. The van der Waals surface area contributed by atoms with Crippen molar-refractivity contribution in [3.8, 4) is 11.5 Å². The van der Waals surface area contributed by atoms with Crippen molar-refractivity contribution in [2.24, 2.45) is 0 Å². The first-order valence-electron chi connectivity index (χ1n) is 5.09. The zero-order valence-corrected chi connectivity index (χ0v) is 9.80. The zero-order valence-electron chi connectivity index (χ0n) is 9.80. The predicted octanol–water partition coefficient (Wildman–Crippen LogP) is 1.34. The number of nitrogens with zero attached hydrogens (tertiary/aromatic N) is 2.